The van der Waals surface area contributed by atoms with Crippen molar-refractivity contribution in [3.05, 3.63) is 67.0 Å². The standard InChI is InChI=1S/C24H31N3O/c1-3-13-26-23(28)24(12-8-16-27(19-24)15-4-2)17-20-9-5-6-11-22(20)21-10-7-14-25-18-21/h3,5-7,9-11,14,18H,1,4,8,12-13,15-17,19H2,2H3,(H,26,28)/t24-/m1/s1. The van der Waals surface area contributed by atoms with Gasteiger partial charge in [0.1, 0.15) is 0 Å². The monoisotopic (exact) mass is 377 g/mol. The van der Waals surface area contributed by atoms with Gasteiger partial charge in [0.2, 0.25) is 5.91 Å². The maximum Gasteiger partial charge on any atom is 0.228 e. The van der Waals surface area contributed by atoms with E-state index in [4.69, 9.17) is 0 Å². The molecule has 2 heterocycles. The molecule has 0 spiro atoms. The van der Waals surface area contributed by atoms with E-state index in [-0.39, 0.29) is 5.91 Å². The molecule has 1 aromatic heterocycles. The summed E-state index contributed by atoms with van der Waals surface area (Å²) in [5.74, 6) is 0.147. The molecule has 2 aromatic rings. The van der Waals surface area contributed by atoms with Gasteiger partial charge in [0.05, 0.1) is 5.41 Å². The number of nitrogens with one attached hydrogen (secondary N) is 1. The van der Waals surface area contributed by atoms with E-state index in [1.807, 2.05) is 12.3 Å². The Labute approximate surface area is 168 Å². The number of hydrogen-bond acceptors (Lipinski definition) is 3. The normalized spacial score (nSPS) is 19.9. The summed E-state index contributed by atoms with van der Waals surface area (Å²) in [4.78, 5) is 20.0. The van der Waals surface area contributed by atoms with E-state index in [1.54, 1.807) is 12.3 Å². The van der Waals surface area contributed by atoms with Gasteiger partial charge in [-0.2, -0.15) is 0 Å². The number of benzene rings is 1. The molecule has 1 aliphatic rings. The van der Waals surface area contributed by atoms with Crippen molar-refractivity contribution in [1.82, 2.24) is 15.2 Å². The number of aromatic nitrogens is 1. The van der Waals surface area contributed by atoms with Gasteiger partial charge in [-0.25, -0.2) is 0 Å². The fraction of sp³-hybridized carbons (Fsp3) is 0.417. The largest absolute Gasteiger partial charge is 0.352 e. The van der Waals surface area contributed by atoms with Crippen molar-refractivity contribution in [2.24, 2.45) is 5.41 Å². The van der Waals surface area contributed by atoms with Crippen LogP contribution in [0.15, 0.2) is 61.4 Å². The van der Waals surface area contributed by atoms with Gasteiger partial charge in [-0.05, 0) is 56.0 Å². The lowest BCUT2D eigenvalue weighted by atomic mass is 9.73. The molecule has 1 aromatic carbocycles. The van der Waals surface area contributed by atoms with Crippen molar-refractivity contribution in [1.29, 1.82) is 0 Å². The van der Waals surface area contributed by atoms with Crippen LogP contribution in [0.5, 0.6) is 0 Å². The molecule has 3 rings (SSSR count). The average molecular weight is 378 g/mol. The summed E-state index contributed by atoms with van der Waals surface area (Å²) in [5, 5.41) is 3.09. The van der Waals surface area contributed by atoms with E-state index < -0.39 is 5.41 Å². The van der Waals surface area contributed by atoms with Crippen molar-refractivity contribution < 1.29 is 4.79 Å². The Hall–Kier alpha value is -2.46. The smallest absolute Gasteiger partial charge is 0.228 e. The van der Waals surface area contributed by atoms with Crippen LogP contribution in [-0.2, 0) is 11.2 Å². The number of amides is 1. The third kappa shape index (κ3) is 4.68. The molecule has 1 aliphatic heterocycles. The third-order valence-corrected chi connectivity index (χ3v) is 5.60. The van der Waals surface area contributed by atoms with Gasteiger partial charge >= 0.3 is 0 Å². The number of rotatable bonds is 8. The lowest BCUT2D eigenvalue weighted by Gasteiger charge is -2.42. The number of hydrogen-bond donors (Lipinski definition) is 1. The molecule has 0 unspecified atom stereocenters. The fourth-order valence-electron chi connectivity index (χ4n) is 4.34. The van der Waals surface area contributed by atoms with Crippen molar-refractivity contribution in [2.75, 3.05) is 26.2 Å². The maximum atomic E-state index is 13.3. The molecule has 1 atom stereocenters. The predicted molar refractivity (Wildman–Crippen MR) is 115 cm³/mol. The Balaban J connectivity index is 1.94. The molecule has 1 amide bonds. The first-order chi connectivity index (χ1) is 13.7. The average Bonchev–Trinajstić information content (AvgIpc) is 2.73. The van der Waals surface area contributed by atoms with Crippen LogP contribution in [-0.4, -0.2) is 42.0 Å². The molecule has 1 saturated heterocycles. The zero-order valence-electron chi connectivity index (χ0n) is 16.9. The number of pyridine rings is 1. The van der Waals surface area contributed by atoms with Gasteiger partial charge in [0.15, 0.2) is 0 Å². The lowest BCUT2D eigenvalue weighted by molar-refractivity contribution is -0.134. The molecule has 148 valence electrons. The minimum atomic E-state index is -0.408. The Morgan fingerprint density at radius 1 is 1.32 bits per heavy atom. The van der Waals surface area contributed by atoms with E-state index in [9.17, 15) is 4.79 Å². The molecule has 4 nitrogen and oxygen atoms in total. The predicted octanol–water partition coefficient (Wildman–Crippen LogP) is 4.09. The van der Waals surface area contributed by atoms with E-state index in [0.29, 0.717) is 6.54 Å². The summed E-state index contributed by atoms with van der Waals surface area (Å²) >= 11 is 0. The summed E-state index contributed by atoms with van der Waals surface area (Å²) in [6.45, 7) is 9.39. The van der Waals surface area contributed by atoms with Crippen LogP contribution in [0.4, 0.5) is 0 Å². The summed E-state index contributed by atoms with van der Waals surface area (Å²) in [7, 11) is 0. The zero-order chi connectivity index (χ0) is 19.8. The molecule has 28 heavy (non-hydrogen) atoms. The van der Waals surface area contributed by atoms with Crippen molar-refractivity contribution in [3.8, 4) is 11.1 Å². The third-order valence-electron chi connectivity index (χ3n) is 5.60. The van der Waals surface area contributed by atoms with Crippen molar-refractivity contribution in [2.45, 2.75) is 32.6 Å². The molecule has 1 fully saturated rings. The first-order valence-corrected chi connectivity index (χ1v) is 10.3. The number of likely N-dealkylation sites (tertiary alicyclic amines) is 1. The molecule has 0 aliphatic carbocycles. The lowest BCUT2D eigenvalue weighted by Crippen LogP contribution is -2.53. The molecular weight excluding hydrogens is 346 g/mol. The molecule has 0 bridgehead atoms. The summed E-state index contributed by atoms with van der Waals surface area (Å²) in [6.07, 6.45) is 9.25. The van der Waals surface area contributed by atoms with E-state index in [2.05, 4.69) is 59.0 Å². The molecule has 1 N–H and O–H groups in total. The van der Waals surface area contributed by atoms with Crippen LogP contribution in [0, 0.1) is 5.41 Å². The number of nitrogens with zero attached hydrogens (tertiary/aromatic N) is 2. The minimum Gasteiger partial charge on any atom is -0.352 e. The van der Waals surface area contributed by atoms with Gasteiger partial charge in [-0.1, -0.05) is 43.3 Å². The highest BCUT2D eigenvalue weighted by Crippen LogP contribution is 2.37. The molecule has 0 radical (unpaired) electrons. The Morgan fingerprint density at radius 2 is 2.18 bits per heavy atom. The summed E-state index contributed by atoms with van der Waals surface area (Å²) in [6, 6.07) is 12.5. The highest BCUT2D eigenvalue weighted by molar-refractivity contribution is 5.84. The molecular formula is C24H31N3O. The first kappa shape index (κ1) is 20.3. The van der Waals surface area contributed by atoms with E-state index >= 15 is 0 Å². The summed E-state index contributed by atoms with van der Waals surface area (Å²) in [5.41, 5.74) is 3.07. The molecule has 4 heteroatoms. The molecule has 0 saturated carbocycles. The van der Waals surface area contributed by atoms with Gasteiger partial charge in [-0.15, -0.1) is 6.58 Å². The van der Waals surface area contributed by atoms with Crippen LogP contribution in [0.1, 0.15) is 31.7 Å². The second kappa shape index (κ2) is 9.65. The minimum absolute atomic E-state index is 0.147. The zero-order valence-corrected chi connectivity index (χ0v) is 16.9. The van der Waals surface area contributed by atoms with Crippen molar-refractivity contribution >= 4 is 5.91 Å². The summed E-state index contributed by atoms with van der Waals surface area (Å²) < 4.78 is 0. The fourth-order valence-corrected chi connectivity index (χ4v) is 4.34. The van der Waals surface area contributed by atoms with Crippen LogP contribution in [0.2, 0.25) is 0 Å². The van der Waals surface area contributed by atoms with Crippen molar-refractivity contribution in [3.63, 3.8) is 0 Å². The second-order valence-corrected chi connectivity index (χ2v) is 7.73. The highest BCUT2D eigenvalue weighted by Gasteiger charge is 2.42. The van der Waals surface area contributed by atoms with Crippen LogP contribution in [0.3, 0.4) is 0 Å². The van der Waals surface area contributed by atoms with E-state index in [1.165, 1.54) is 11.1 Å². The number of carbonyl (C=O) groups is 1. The van der Waals surface area contributed by atoms with Crippen LogP contribution >= 0.6 is 0 Å². The Kier molecular flexibility index (Phi) is 6.99. The van der Waals surface area contributed by atoms with Crippen LogP contribution < -0.4 is 5.32 Å². The van der Waals surface area contributed by atoms with E-state index in [0.717, 1.165) is 50.9 Å². The maximum absolute atomic E-state index is 13.3. The topological polar surface area (TPSA) is 45.2 Å². The van der Waals surface area contributed by atoms with Crippen LogP contribution in [0.25, 0.3) is 11.1 Å². The second-order valence-electron chi connectivity index (χ2n) is 7.73. The first-order valence-electron chi connectivity index (χ1n) is 10.3. The highest BCUT2D eigenvalue weighted by atomic mass is 16.2. The van der Waals surface area contributed by atoms with Gasteiger partial charge < -0.3 is 10.2 Å². The number of piperidine rings is 1. The quantitative estimate of drug-likeness (QED) is 0.705. The van der Waals surface area contributed by atoms with Gasteiger partial charge in [0.25, 0.3) is 0 Å². The number of carbonyl (C=O) groups excluding carboxylic acids is 1. The Morgan fingerprint density at radius 3 is 2.93 bits per heavy atom. The SMILES string of the molecule is C=CCNC(=O)[C@@]1(Cc2ccccc2-c2cccnc2)CCCN(CCC)C1. The van der Waals surface area contributed by atoms with Gasteiger partial charge in [-0.3, -0.25) is 9.78 Å². The Bertz CT molecular complexity index is 787. The van der Waals surface area contributed by atoms with Gasteiger partial charge in [0, 0.05) is 31.0 Å².